The summed E-state index contributed by atoms with van der Waals surface area (Å²) >= 11 is 0. The first kappa shape index (κ1) is 11.5. The van der Waals surface area contributed by atoms with Gasteiger partial charge in [-0.25, -0.2) is 0 Å². The summed E-state index contributed by atoms with van der Waals surface area (Å²) in [6.45, 7) is 11.2. The molecule has 0 aromatic carbocycles. The normalized spacial score (nSPS) is 16.8. The third-order valence-electron chi connectivity index (χ3n) is 2.56. The summed E-state index contributed by atoms with van der Waals surface area (Å²) in [7, 11) is 0. The van der Waals surface area contributed by atoms with Crippen molar-refractivity contribution in [2.75, 3.05) is 0 Å². The molecule has 0 saturated heterocycles. The van der Waals surface area contributed by atoms with Gasteiger partial charge in [0.05, 0.1) is 0 Å². The molecule has 2 nitrogen and oxygen atoms in total. The van der Waals surface area contributed by atoms with Crippen LogP contribution in [0.15, 0.2) is 0 Å². The SMILES string of the molecule is CCC(OC=O)C(C)C(C)(C)C. The molecule has 0 aromatic heterocycles. The van der Waals surface area contributed by atoms with E-state index in [9.17, 15) is 4.79 Å². The summed E-state index contributed by atoms with van der Waals surface area (Å²) < 4.78 is 5.00. The Hall–Kier alpha value is -0.530. The lowest BCUT2D eigenvalue weighted by molar-refractivity contribution is -0.138. The average Bonchev–Trinajstić information content (AvgIpc) is 1.97. The Balaban J connectivity index is 4.20. The van der Waals surface area contributed by atoms with E-state index in [2.05, 4.69) is 27.7 Å². The highest BCUT2D eigenvalue weighted by atomic mass is 16.5. The van der Waals surface area contributed by atoms with Crippen LogP contribution in [0, 0.1) is 11.3 Å². The number of carbonyl (C=O) groups excluding carboxylic acids is 1. The molecule has 0 fully saturated rings. The molecule has 0 saturated carbocycles. The summed E-state index contributed by atoms with van der Waals surface area (Å²) in [6.07, 6.45) is 0.944. The van der Waals surface area contributed by atoms with Crippen molar-refractivity contribution in [2.24, 2.45) is 11.3 Å². The van der Waals surface area contributed by atoms with Gasteiger partial charge in [-0.1, -0.05) is 34.6 Å². The van der Waals surface area contributed by atoms with Gasteiger partial charge >= 0.3 is 0 Å². The molecule has 0 aliphatic heterocycles. The predicted molar refractivity (Wildman–Crippen MR) is 49.8 cm³/mol. The molecular formula is C10H20O2. The van der Waals surface area contributed by atoms with Crippen LogP contribution >= 0.6 is 0 Å². The van der Waals surface area contributed by atoms with Crippen LogP contribution in [-0.4, -0.2) is 12.6 Å². The van der Waals surface area contributed by atoms with E-state index in [1.165, 1.54) is 0 Å². The van der Waals surface area contributed by atoms with Gasteiger partial charge in [0.15, 0.2) is 0 Å². The summed E-state index contributed by atoms with van der Waals surface area (Å²) in [5.41, 5.74) is 0.198. The molecule has 2 atom stereocenters. The fourth-order valence-electron chi connectivity index (χ4n) is 1.20. The maximum absolute atomic E-state index is 10.2. The fraction of sp³-hybridized carbons (Fsp3) is 0.900. The topological polar surface area (TPSA) is 26.3 Å². The first-order valence-corrected chi connectivity index (χ1v) is 4.52. The maximum atomic E-state index is 10.2. The van der Waals surface area contributed by atoms with Gasteiger partial charge in [-0.05, 0) is 17.8 Å². The minimum Gasteiger partial charge on any atom is -0.464 e. The van der Waals surface area contributed by atoms with Gasteiger partial charge in [0.1, 0.15) is 6.10 Å². The Bertz CT molecular complexity index is 135. The minimum atomic E-state index is 0.0579. The Labute approximate surface area is 75.3 Å². The maximum Gasteiger partial charge on any atom is 0.293 e. The van der Waals surface area contributed by atoms with Gasteiger partial charge in [-0.3, -0.25) is 4.79 Å². The molecule has 0 amide bonds. The van der Waals surface area contributed by atoms with E-state index in [0.717, 1.165) is 6.42 Å². The molecule has 0 rings (SSSR count). The lowest BCUT2D eigenvalue weighted by atomic mass is 9.78. The largest absolute Gasteiger partial charge is 0.464 e. The first-order valence-electron chi connectivity index (χ1n) is 4.52. The average molecular weight is 172 g/mol. The van der Waals surface area contributed by atoms with Crippen molar-refractivity contribution in [1.82, 2.24) is 0 Å². The van der Waals surface area contributed by atoms with Crippen LogP contribution in [0.1, 0.15) is 41.0 Å². The second kappa shape index (κ2) is 4.48. The van der Waals surface area contributed by atoms with Crippen LogP contribution in [0.5, 0.6) is 0 Å². The minimum absolute atomic E-state index is 0.0579. The number of hydrogen-bond acceptors (Lipinski definition) is 2. The molecule has 2 heteroatoms. The van der Waals surface area contributed by atoms with Crippen molar-refractivity contribution < 1.29 is 9.53 Å². The third kappa shape index (κ3) is 3.24. The molecule has 0 heterocycles. The van der Waals surface area contributed by atoms with Crippen molar-refractivity contribution >= 4 is 6.47 Å². The van der Waals surface area contributed by atoms with Gasteiger partial charge in [0, 0.05) is 0 Å². The van der Waals surface area contributed by atoms with Gasteiger partial charge in [-0.2, -0.15) is 0 Å². The van der Waals surface area contributed by atoms with Crippen molar-refractivity contribution in [2.45, 2.75) is 47.1 Å². The van der Waals surface area contributed by atoms with Crippen molar-refractivity contribution in [3.63, 3.8) is 0 Å². The zero-order valence-corrected chi connectivity index (χ0v) is 8.76. The lowest BCUT2D eigenvalue weighted by Gasteiger charge is -2.32. The Kier molecular flexibility index (Phi) is 4.29. The van der Waals surface area contributed by atoms with E-state index in [1.807, 2.05) is 6.92 Å². The van der Waals surface area contributed by atoms with E-state index in [1.54, 1.807) is 0 Å². The van der Waals surface area contributed by atoms with Crippen molar-refractivity contribution in [3.05, 3.63) is 0 Å². The number of carbonyl (C=O) groups is 1. The lowest BCUT2D eigenvalue weighted by Crippen LogP contribution is -2.31. The smallest absolute Gasteiger partial charge is 0.293 e. The standard InChI is InChI=1S/C10H20O2/c1-6-9(12-7-11)8(2)10(3,4)5/h7-9H,6H2,1-5H3. The van der Waals surface area contributed by atoms with Gasteiger partial charge in [-0.15, -0.1) is 0 Å². The summed E-state index contributed by atoms with van der Waals surface area (Å²) in [5.74, 6) is 0.396. The van der Waals surface area contributed by atoms with Crippen LogP contribution < -0.4 is 0 Å². The molecule has 0 aliphatic rings. The Morgan fingerprint density at radius 2 is 1.92 bits per heavy atom. The monoisotopic (exact) mass is 172 g/mol. The van der Waals surface area contributed by atoms with E-state index >= 15 is 0 Å². The van der Waals surface area contributed by atoms with E-state index in [0.29, 0.717) is 12.4 Å². The predicted octanol–water partition coefficient (Wildman–Crippen LogP) is 2.62. The second-order valence-electron chi connectivity index (χ2n) is 4.33. The van der Waals surface area contributed by atoms with Gasteiger partial charge in [0.25, 0.3) is 6.47 Å². The van der Waals surface area contributed by atoms with Crippen LogP contribution in [-0.2, 0) is 9.53 Å². The van der Waals surface area contributed by atoms with E-state index in [4.69, 9.17) is 4.74 Å². The molecule has 12 heavy (non-hydrogen) atoms. The molecule has 0 N–H and O–H groups in total. The van der Waals surface area contributed by atoms with Crippen LogP contribution in [0.4, 0.5) is 0 Å². The highest BCUT2D eigenvalue weighted by Crippen LogP contribution is 2.30. The third-order valence-corrected chi connectivity index (χ3v) is 2.56. The quantitative estimate of drug-likeness (QED) is 0.609. The molecule has 0 bridgehead atoms. The number of ether oxygens (including phenoxy) is 1. The van der Waals surface area contributed by atoms with E-state index in [-0.39, 0.29) is 11.5 Å². The van der Waals surface area contributed by atoms with Crippen molar-refractivity contribution in [3.8, 4) is 0 Å². The Morgan fingerprint density at radius 3 is 2.17 bits per heavy atom. The first-order chi connectivity index (χ1) is 5.43. The van der Waals surface area contributed by atoms with Crippen LogP contribution in [0.25, 0.3) is 0 Å². The zero-order valence-electron chi connectivity index (χ0n) is 8.76. The van der Waals surface area contributed by atoms with Gasteiger partial charge < -0.3 is 4.74 Å². The van der Waals surface area contributed by atoms with E-state index < -0.39 is 0 Å². The highest BCUT2D eigenvalue weighted by molar-refractivity contribution is 5.37. The van der Waals surface area contributed by atoms with Crippen LogP contribution in [0.2, 0.25) is 0 Å². The molecule has 2 unspecified atom stereocenters. The molecule has 0 spiro atoms. The second-order valence-corrected chi connectivity index (χ2v) is 4.33. The van der Waals surface area contributed by atoms with Crippen molar-refractivity contribution in [1.29, 1.82) is 0 Å². The number of hydrogen-bond donors (Lipinski definition) is 0. The summed E-state index contributed by atoms with van der Waals surface area (Å²) in [5, 5.41) is 0. The molecule has 72 valence electrons. The summed E-state index contributed by atoms with van der Waals surface area (Å²) in [4.78, 5) is 10.2. The molecule has 0 aliphatic carbocycles. The highest BCUT2D eigenvalue weighted by Gasteiger charge is 2.28. The van der Waals surface area contributed by atoms with Gasteiger partial charge in [0.2, 0.25) is 0 Å². The zero-order chi connectivity index (χ0) is 9.78. The van der Waals surface area contributed by atoms with Crippen LogP contribution in [0.3, 0.4) is 0 Å². The molecule has 0 radical (unpaired) electrons. The summed E-state index contributed by atoms with van der Waals surface area (Å²) in [6, 6.07) is 0. The fourth-order valence-corrected chi connectivity index (χ4v) is 1.20. The number of rotatable bonds is 4. The molecule has 0 aromatic rings. The Morgan fingerprint density at radius 1 is 1.42 bits per heavy atom. The molecular weight excluding hydrogens is 152 g/mol.